The van der Waals surface area contributed by atoms with E-state index in [9.17, 15) is 192 Å². The van der Waals surface area contributed by atoms with Crippen molar-refractivity contribution in [2.75, 3.05) is 72.7 Å². The molecule has 11 saturated heterocycles. The van der Waals surface area contributed by atoms with Crippen molar-refractivity contribution < 1.29 is 292 Å². The summed E-state index contributed by atoms with van der Waals surface area (Å²) in [4.78, 5) is 65.4. The molecule has 56 atom stereocenters. The first-order valence-corrected chi connectivity index (χ1v) is 44.3. The van der Waals surface area contributed by atoms with Gasteiger partial charge in [0.15, 0.2) is 62.9 Å². The minimum Gasteiger partial charge on any atom is -0.477 e. The second kappa shape index (κ2) is 50.0. The molecule has 0 aromatic carbocycles. The summed E-state index contributed by atoms with van der Waals surface area (Å²) >= 11 is 0. The molecule has 0 aromatic heterocycles. The number of carboxylic acids is 1. The quantitative estimate of drug-likeness (QED) is 0.0273. The molecule has 11 fully saturated rings. The van der Waals surface area contributed by atoms with E-state index in [0.717, 1.165) is 27.7 Å². The van der Waals surface area contributed by atoms with Crippen LogP contribution in [0.2, 0.25) is 0 Å². The number of rotatable bonds is 38. The number of aliphatic hydroxyl groups is 32. The lowest BCUT2D eigenvalue weighted by molar-refractivity contribution is -0.406. The Kier molecular flexibility index (Phi) is 41.3. The highest BCUT2D eigenvalue weighted by molar-refractivity contribution is 5.78. The van der Waals surface area contributed by atoms with Gasteiger partial charge in [-0.25, -0.2) is 4.79 Å². The molecule has 0 saturated carbocycles. The Morgan fingerprint density at radius 1 is 0.321 bits per heavy atom. The molecule has 140 heavy (non-hydrogen) atoms. The smallest absolute Gasteiger partial charge is 0.364 e. The molecule has 11 rings (SSSR count). The maximum Gasteiger partial charge on any atom is 0.364 e. The van der Waals surface area contributed by atoms with Crippen LogP contribution in [0, 0.1) is 0 Å². The van der Waals surface area contributed by atoms with Crippen LogP contribution in [-0.4, -0.2) is 614 Å². The third-order valence-corrected chi connectivity index (χ3v) is 25.6. The van der Waals surface area contributed by atoms with Crippen molar-refractivity contribution in [2.45, 2.75) is 377 Å². The number of aliphatic carboxylic acids is 1. The van der Waals surface area contributed by atoms with E-state index in [4.69, 9.17) is 99.5 Å². The van der Waals surface area contributed by atoms with Gasteiger partial charge in [0, 0.05) is 27.2 Å². The van der Waals surface area contributed by atoms with Crippen LogP contribution in [0.25, 0.3) is 0 Å². The van der Waals surface area contributed by atoms with Crippen molar-refractivity contribution >= 4 is 29.6 Å². The summed E-state index contributed by atoms with van der Waals surface area (Å²) in [6.07, 6.45) is -117. The molecule has 11 aliphatic rings. The molecule has 0 aliphatic carbocycles. The number of carbonyl (C=O) groups is 5. The number of hydrogen-bond acceptors (Lipinski definition) is 58. The summed E-state index contributed by atoms with van der Waals surface area (Å²) in [6, 6.07) is -8.01. The lowest BCUT2D eigenvalue weighted by Gasteiger charge is -2.52. The van der Waals surface area contributed by atoms with Crippen molar-refractivity contribution in [2.24, 2.45) is 0 Å². The number of ether oxygens (including phenoxy) is 21. The molecular weight excluding hydrogens is 1920 g/mol. The van der Waals surface area contributed by atoms with Crippen LogP contribution < -0.4 is 21.3 Å². The average Bonchev–Trinajstić information content (AvgIpc) is 0.714. The van der Waals surface area contributed by atoms with Crippen LogP contribution in [0.3, 0.4) is 0 Å². The van der Waals surface area contributed by atoms with Gasteiger partial charge in [-0.15, -0.1) is 0 Å². The van der Waals surface area contributed by atoms with E-state index in [0.29, 0.717) is 0 Å². The number of aliphatic hydroxyl groups excluding tert-OH is 32. The number of hydrogen-bond donors (Lipinski definition) is 37. The Bertz CT molecular complexity index is 3890. The van der Waals surface area contributed by atoms with Crippen LogP contribution in [0.1, 0.15) is 34.1 Å². The van der Waals surface area contributed by atoms with Gasteiger partial charge in [-0.2, -0.15) is 0 Å². The molecule has 0 aromatic rings. The topological polar surface area (TPSA) is 995 Å². The standard InChI is InChI=1S/C77H128N4O59/c1-17-37(97)47(107)52(112)71(122-17)135-61-36(80-20(4)93)68(129-29(13-89)59(61)134-74-56(116)64(42(102)26(10-86)126-74)140-77(76(118)119)5-21(94)33(81-32(96)14-90)60(139-77)38(98)22(95)6-82)138-65-50(110)41(101)25(9-85)127-75(65)137-63-44(104)31(131-73(55(63)115)133-58-28(12-88)128-67(35(46(58)106)79-19(3)92)132-57-27(11-87)123-66(117)34(45(57)105)78-18(2)91)16-121-70-54(114)62(136-72-53(113)49(109)40(100)24(8-84)125-72)43(103)30(130-70)15-120-69-51(111)48(108)39(99)23(7-83)124-69/h17,21-31,33-75,82-90,94-95,97-117H,5-16H2,1-4H3,(H,78,91)(H,79,92)(H,80,93)(H,81,96)(H,118,119)/t17-,21-,22+,23+,24+,25+,26+,27+,28+,29+,30+,31+,33+,34+,35+,36+,37+,38+,39+,40+,41+,42-,43+,44+,45+,46+,47+,48-,49-,50-,51-,52-,53-,54-,55-,56+,57+,58+,59+,60+,61+,62-,63-,64-,65-,66+,67-,68-,69-,70-,71-,72+,73-,74-,75+,77-/m0/s1. The fourth-order valence-corrected chi connectivity index (χ4v) is 18.0. The normalized spacial score (nSPS) is 48.6. The van der Waals surface area contributed by atoms with Gasteiger partial charge in [-0.1, -0.05) is 0 Å². The van der Waals surface area contributed by atoms with Crippen LogP contribution >= 0.6 is 0 Å². The van der Waals surface area contributed by atoms with Gasteiger partial charge >= 0.3 is 5.97 Å². The average molecular weight is 2050 g/mol. The number of carboxylic acid groups (broad SMARTS) is 1. The molecule has 0 unspecified atom stereocenters. The van der Waals surface area contributed by atoms with Crippen LogP contribution in [0.4, 0.5) is 0 Å². The zero-order valence-corrected chi connectivity index (χ0v) is 74.6. The fourth-order valence-electron chi connectivity index (χ4n) is 18.0. The van der Waals surface area contributed by atoms with Gasteiger partial charge in [0.1, 0.15) is 263 Å². The highest BCUT2D eigenvalue weighted by Crippen LogP contribution is 2.44. The first-order valence-electron chi connectivity index (χ1n) is 44.3. The predicted molar refractivity (Wildman–Crippen MR) is 426 cm³/mol. The van der Waals surface area contributed by atoms with Crippen LogP contribution in [0.5, 0.6) is 0 Å². The van der Waals surface area contributed by atoms with Gasteiger partial charge in [0.05, 0.1) is 84.3 Å². The largest absolute Gasteiger partial charge is 0.477 e. The third-order valence-electron chi connectivity index (χ3n) is 25.6. The maximum atomic E-state index is 13.9. The molecule has 63 nitrogen and oxygen atoms in total. The highest BCUT2D eigenvalue weighted by atomic mass is 16.8. The van der Waals surface area contributed by atoms with Gasteiger partial charge in [-0.3, -0.25) is 19.2 Å². The monoisotopic (exact) mass is 2050 g/mol. The molecule has 11 aliphatic heterocycles. The minimum atomic E-state index is -3.47. The second-order valence-corrected chi connectivity index (χ2v) is 35.3. The molecular formula is C77H128N4O59. The fraction of sp³-hybridized carbons (Fsp3) is 0.935. The summed E-state index contributed by atoms with van der Waals surface area (Å²) in [7, 11) is 0. The molecule has 810 valence electrons. The highest BCUT2D eigenvalue weighted by Gasteiger charge is 2.65. The maximum absolute atomic E-state index is 13.9. The Morgan fingerprint density at radius 2 is 0.671 bits per heavy atom. The number of carbonyl (C=O) groups excluding carboxylic acids is 4. The summed E-state index contributed by atoms with van der Waals surface area (Å²) in [5, 5.41) is 379. The van der Waals surface area contributed by atoms with Gasteiger partial charge in [0.2, 0.25) is 23.6 Å². The molecule has 0 bridgehead atoms. The molecule has 37 N–H and O–H groups in total. The van der Waals surface area contributed by atoms with E-state index >= 15 is 0 Å². The van der Waals surface area contributed by atoms with E-state index in [1.54, 1.807) is 0 Å². The zero-order valence-electron chi connectivity index (χ0n) is 74.6. The van der Waals surface area contributed by atoms with Crippen molar-refractivity contribution in [3.05, 3.63) is 0 Å². The Hall–Kier alpha value is -4.77. The van der Waals surface area contributed by atoms with Gasteiger partial charge < -0.3 is 289 Å². The summed E-state index contributed by atoms with van der Waals surface area (Å²) in [5.74, 6) is -10.0. The number of nitrogens with one attached hydrogen (secondary N) is 4. The van der Waals surface area contributed by atoms with E-state index < -0.39 is 452 Å². The molecule has 11 heterocycles. The summed E-state index contributed by atoms with van der Waals surface area (Å²) in [5.41, 5.74) is 0. The Morgan fingerprint density at radius 3 is 1.18 bits per heavy atom. The van der Waals surface area contributed by atoms with Crippen molar-refractivity contribution in [1.82, 2.24) is 21.3 Å². The summed E-state index contributed by atoms with van der Waals surface area (Å²) in [6.45, 7) is -9.70. The first kappa shape index (κ1) is 116. The van der Waals surface area contributed by atoms with E-state index in [1.165, 1.54) is 0 Å². The van der Waals surface area contributed by atoms with E-state index in [-0.39, 0.29) is 0 Å². The van der Waals surface area contributed by atoms with Crippen molar-refractivity contribution in [3.63, 3.8) is 0 Å². The van der Waals surface area contributed by atoms with E-state index in [1.807, 2.05) is 0 Å². The zero-order chi connectivity index (χ0) is 103. The third kappa shape index (κ3) is 25.2. The molecule has 4 amide bonds. The Balaban J connectivity index is 0.962. The van der Waals surface area contributed by atoms with Crippen molar-refractivity contribution in [1.29, 1.82) is 0 Å². The molecule has 63 heteroatoms. The molecule has 0 spiro atoms. The molecule has 0 radical (unpaired) electrons. The van der Waals surface area contributed by atoms with Gasteiger partial charge in [0.25, 0.3) is 5.79 Å². The predicted octanol–water partition coefficient (Wildman–Crippen LogP) is -25.2. The van der Waals surface area contributed by atoms with Crippen LogP contribution in [-0.2, 0) is 123 Å². The van der Waals surface area contributed by atoms with Crippen molar-refractivity contribution in [3.8, 4) is 0 Å². The minimum absolute atomic E-state index is 0.809. The van der Waals surface area contributed by atoms with E-state index in [2.05, 4.69) is 21.3 Å². The summed E-state index contributed by atoms with van der Waals surface area (Å²) < 4.78 is 125. The SMILES string of the molecule is CC(=O)N[C@@H]1[C@@H](O)[C@H](O[C@@H]2O[C@H](CO)[C@@H](O[C@@H]3O[C@H](CO[C@H]4O[C@H](CO[C@H]5O[C@H](CO)[C@@H](O)[C@H](O)[C@@H]5O)[C@@H](O)[C@H](O[C@H]5O[C@H](CO)[C@@H](O)[C@H](O)[C@@H]5O)[C@@H]4O)[C@@H](O)[C@H](O[C@H]4O[C@H](CO)[C@@H](O)[C@H](O)[C@@H]4O[C@@H]4O[C@H](CO)[C@@H](O[C@@H]5O[C@H](CO)[C@H](O)[C@H](O[C@]6(C(=O)O)C[C@H](O)[C@@H](NC(=O)CO)[C@H]([C@H](O)[C@H](O)CO)O6)[C@H]5O)[C@H](O[C@@H]5O[C@@H](C)[C@@H](O)[C@@H](O)[C@@H]5O)[C@H]4NC(C)=O)[C@@H]3O)[C@H](O)[C@H]2NC(C)=O)[C@@H](CO)O[C@H]1O. The Labute approximate surface area is 790 Å². The van der Waals surface area contributed by atoms with Gasteiger partial charge in [-0.05, 0) is 6.92 Å². The lowest BCUT2D eigenvalue weighted by atomic mass is 9.88. The van der Waals surface area contributed by atoms with Crippen LogP contribution in [0.15, 0.2) is 0 Å². The lowest BCUT2D eigenvalue weighted by Crippen LogP contribution is -2.72. The second-order valence-electron chi connectivity index (χ2n) is 35.3. The number of amides is 4. The first-order chi connectivity index (χ1) is 66.1.